The Morgan fingerprint density at radius 3 is 2.65 bits per heavy atom. The number of unbranched alkanes of at least 4 members (excludes halogenated alkanes) is 1. The van der Waals surface area contributed by atoms with Gasteiger partial charge in [0, 0.05) is 6.42 Å². The maximum absolute atomic E-state index is 11.7. The lowest BCUT2D eigenvalue weighted by Gasteiger charge is -2.21. The first kappa shape index (κ1) is 16.0. The average Bonchev–Trinajstić information content (AvgIpc) is 2.58. The molecule has 2 aromatic rings. The zero-order valence-electron chi connectivity index (χ0n) is 14.1. The second-order valence-corrected chi connectivity index (χ2v) is 6.77. The molecule has 0 spiro atoms. The Morgan fingerprint density at radius 2 is 1.87 bits per heavy atom. The topological polar surface area (TPSA) is 17.1 Å². The van der Waals surface area contributed by atoms with Crippen LogP contribution in [0.3, 0.4) is 0 Å². The van der Waals surface area contributed by atoms with Gasteiger partial charge < -0.3 is 0 Å². The quantitative estimate of drug-likeness (QED) is 0.622. The van der Waals surface area contributed by atoms with Crippen molar-refractivity contribution in [3.63, 3.8) is 0 Å². The molecule has 1 aliphatic carbocycles. The third-order valence-electron chi connectivity index (χ3n) is 4.95. The second-order valence-electron chi connectivity index (χ2n) is 6.77. The number of carbonyl (C=O) groups excluding carboxylic acids is 1. The van der Waals surface area contributed by atoms with Crippen molar-refractivity contribution in [2.75, 3.05) is 0 Å². The highest BCUT2D eigenvalue weighted by Gasteiger charge is 2.17. The van der Waals surface area contributed by atoms with Gasteiger partial charge in [0.1, 0.15) is 0 Å². The number of allylic oxidation sites excluding steroid dienone is 2. The third-order valence-corrected chi connectivity index (χ3v) is 4.95. The number of fused-ring (bicyclic) bond motifs is 1. The molecule has 2 aromatic carbocycles. The van der Waals surface area contributed by atoms with Crippen molar-refractivity contribution in [2.24, 2.45) is 0 Å². The first-order valence-electron chi connectivity index (χ1n) is 8.97. The van der Waals surface area contributed by atoms with Crippen LogP contribution in [0.5, 0.6) is 0 Å². The summed E-state index contributed by atoms with van der Waals surface area (Å²) in [4.78, 5) is 11.7. The molecule has 0 amide bonds. The molecule has 0 unspecified atom stereocenters. The molecule has 1 atom stereocenters. The van der Waals surface area contributed by atoms with Gasteiger partial charge >= 0.3 is 0 Å². The summed E-state index contributed by atoms with van der Waals surface area (Å²) in [6.07, 6.45) is 9.51. The molecule has 23 heavy (non-hydrogen) atoms. The van der Waals surface area contributed by atoms with Crippen molar-refractivity contribution in [1.29, 1.82) is 0 Å². The molecule has 1 aliphatic rings. The summed E-state index contributed by atoms with van der Waals surface area (Å²) >= 11 is 0. The third kappa shape index (κ3) is 4.10. The fraction of sp³-hybridized carbons (Fsp3) is 0.409. The molecule has 0 aliphatic heterocycles. The monoisotopic (exact) mass is 306 g/mol. The minimum atomic E-state index is 0.319. The van der Waals surface area contributed by atoms with E-state index >= 15 is 0 Å². The predicted octanol–water partition coefficient (Wildman–Crippen LogP) is 6.18. The zero-order valence-corrected chi connectivity index (χ0v) is 14.1. The number of rotatable bonds is 6. The number of benzene rings is 2. The standard InChI is InChI=1S/C22H26O/c1-2-3-8-19(14-17-7-6-11-22(23)15-17)21-13-12-18-9-4-5-10-20(18)16-21/h4-5,9-10,12-13,15-16,19H,2-3,6-8,11,14H2,1H3/t19-/m1/s1. The molecule has 1 heteroatoms. The van der Waals surface area contributed by atoms with Crippen molar-refractivity contribution in [3.8, 4) is 0 Å². The fourth-order valence-electron chi connectivity index (χ4n) is 3.64. The van der Waals surface area contributed by atoms with Gasteiger partial charge in [0.15, 0.2) is 5.78 Å². The average molecular weight is 306 g/mol. The van der Waals surface area contributed by atoms with Crippen LogP contribution in [-0.2, 0) is 4.79 Å². The second kappa shape index (κ2) is 7.59. The van der Waals surface area contributed by atoms with Crippen LogP contribution in [0.15, 0.2) is 54.1 Å². The van der Waals surface area contributed by atoms with E-state index in [1.54, 1.807) is 0 Å². The van der Waals surface area contributed by atoms with E-state index in [1.807, 2.05) is 6.08 Å². The maximum Gasteiger partial charge on any atom is 0.155 e. The number of ketones is 1. The predicted molar refractivity (Wildman–Crippen MR) is 97.8 cm³/mol. The lowest BCUT2D eigenvalue weighted by Crippen LogP contribution is -2.07. The molecule has 0 saturated carbocycles. The molecule has 0 saturated heterocycles. The first-order chi connectivity index (χ1) is 11.3. The Hall–Kier alpha value is -1.89. The number of hydrogen-bond acceptors (Lipinski definition) is 1. The summed E-state index contributed by atoms with van der Waals surface area (Å²) < 4.78 is 0. The van der Waals surface area contributed by atoms with E-state index in [2.05, 4.69) is 49.4 Å². The van der Waals surface area contributed by atoms with Crippen LogP contribution in [0, 0.1) is 0 Å². The van der Waals surface area contributed by atoms with E-state index < -0.39 is 0 Å². The molecular formula is C22H26O. The van der Waals surface area contributed by atoms with Crippen molar-refractivity contribution in [2.45, 2.75) is 57.8 Å². The van der Waals surface area contributed by atoms with Gasteiger partial charge in [-0.15, -0.1) is 0 Å². The molecule has 0 N–H and O–H groups in total. The lowest BCUT2D eigenvalue weighted by molar-refractivity contribution is -0.115. The normalized spacial score (nSPS) is 16.4. The van der Waals surface area contributed by atoms with E-state index in [0.29, 0.717) is 11.7 Å². The van der Waals surface area contributed by atoms with Gasteiger partial charge in [-0.25, -0.2) is 0 Å². The molecular weight excluding hydrogens is 280 g/mol. The summed E-state index contributed by atoms with van der Waals surface area (Å²) in [6.45, 7) is 2.25. The van der Waals surface area contributed by atoms with Gasteiger partial charge in [0.05, 0.1) is 0 Å². The minimum absolute atomic E-state index is 0.319. The van der Waals surface area contributed by atoms with Crippen molar-refractivity contribution in [3.05, 3.63) is 59.7 Å². The van der Waals surface area contributed by atoms with E-state index in [9.17, 15) is 4.79 Å². The molecule has 0 bridgehead atoms. The minimum Gasteiger partial charge on any atom is -0.295 e. The van der Waals surface area contributed by atoms with E-state index in [4.69, 9.17) is 0 Å². The summed E-state index contributed by atoms with van der Waals surface area (Å²) in [6, 6.07) is 15.4. The van der Waals surface area contributed by atoms with Crippen LogP contribution >= 0.6 is 0 Å². The highest BCUT2D eigenvalue weighted by molar-refractivity contribution is 5.91. The number of hydrogen-bond donors (Lipinski definition) is 0. The molecule has 0 fully saturated rings. The van der Waals surface area contributed by atoms with Crippen LogP contribution in [0.4, 0.5) is 0 Å². The maximum atomic E-state index is 11.7. The first-order valence-corrected chi connectivity index (χ1v) is 8.97. The van der Waals surface area contributed by atoms with Crippen LogP contribution < -0.4 is 0 Å². The van der Waals surface area contributed by atoms with Crippen molar-refractivity contribution < 1.29 is 4.79 Å². The SMILES string of the molecule is CCCC[C@H](CC1=CC(=O)CCC1)c1ccc2ccccc2c1. The summed E-state index contributed by atoms with van der Waals surface area (Å²) in [5.74, 6) is 0.857. The Kier molecular flexibility index (Phi) is 5.27. The van der Waals surface area contributed by atoms with Crippen molar-refractivity contribution >= 4 is 16.6 Å². The smallest absolute Gasteiger partial charge is 0.155 e. The Labute approximate surface area is 139 Å². The molecule has 0 heterocycles. The molecule has 0 aromatic heterocycles. The summed E-state index contributed by atoms with van der Waals surface area (Å²) in [7, 11) is 0. The lowest BCUT2D eigenvalue weighted by atomic mass is 9.83. The Bertz CT molecular complexity index is 711. The Morgan fingerprint density at radius 1 is 1.04 bits per heavy atom. The van der Waals surface area contributed by atoms with E-state index in [-0.39, 0.29) is 0 Å². The van der Waals surface area contributed by atoms with Crippen LogP contribution in [0.25, 0.3) is 10.8 Å². The van der Waals surface area contributed by atoms with Gasteiger partial charge in [-0.1, -0.05) is 67.8 Å². The van der Waals surface area contributed by atoms with Gasteiger partial charge in [0.2, 0.25) is 0 Å². The van der Waals surface area contributed by atoms with E-state index in [0.717, 1.165) is 25.7 Å². The van der Waals surface area contributed by atoms with Crippen LogP contribution in [0.1, 0.15) is 63.4 Å². The van der Waals surface area contributed by atoms with Crippen LogP contribution in [0.2, 0.25) is 0 Å². The molecule has 0 radical (unpaired) electrons. The van der Waals surface area contributed by atoms with Gasteiger partial charge in [-0.05, 0) is 54.0 Å². The van der Waals surface area contributed by atoms with Crippen LogP contribution in [-0.4, -0.2) is 5.78 Å². The highest BCUT2D eigenvalue weighted by Crippen LogP contribution is 2.33. The zero-order chi connectivity index (χ0) is 16.1. The largest absolute Gasteiger partial charge is 0.295 e. The number of carbonyl (C=O) groups is 1. The summed E-state index contributed by atoms with van der Waals surface area (Å²) in [5, 5.41) is 2.62. The van der Waals surface area contributed by atoms with E-state index in [1.165, 1.54) is 41.2 Å². The molecule has 1 nitrogen and oxygen atoms in total. The molecule has 3 rings (SSSR count). The summed E-state index contributed by atoms with van der Waals surface area (Å²) in [5.41, 5.74) is 2.78. The fourth-order valence-corrected chi connectivity index (χ4v) is 3.64. The highest BCUT2D eigenvalue weighted by atomic mass is 16.1. The Balaban J connectivity index is 1.85. The van der Waals surface area contributed by atoms with Gasteiger partial charge in [0.25, 0.3) is 0 Å². The van der Waals surface area contributed by atoms with Gasteiger partial charge in [-0.2, -0.15) is 0 Å². The molecule has 120 valence electrons. The van der Waals surface area contributed by atoms with Crippen molar-refractivity contribution in [1.82, 2.24) is 0 Å². The van der Waals surface area contributed by atoms with Gasteiger partial charge in [-0.3, -0.25) is 4.79 Å².